The average Bonchev–Trinajstić information content (AvgIpc) is 2.89. The van der Waals surface area contributed by atoms with Crippen LogP contribution in [0, 0.1) is 21.4 Å². The smallest absolute Gasteiger partial charge is 0.336 e. The molecule has 0 unspecified atom stereocenters. The van der Waals surface area contributed by atoms with Crippen molar-refractivity contribution in [3.8, 4) is 6.07 Å². The van der Waals surface area contributed by atoms with Gasteiger partial charge in [0.25, 0.3) is 5.69 Å². The van der Waals surface area contributed by atoms with E-state index < -0.39 is 16.6 Å². The van der Waals surface area contributed by atoms with E-state index in [0.717, 1.165) is 6.07 Å². The number of carboxylic acids is 1. The molecule has 1 N–H and O–H groups in total. The minimum atomic E-state index is -1.36. The number of hydrogen-bond acceptors (Lipinski definition) is 6. The summed E-state index contributed by atoms with van der Waals surface area (Å²) in [5, 5.41) is 33.4. The molecule has 0 saturated heterocycles. The third-order valence-electron chi connectivity index (χ3n) is 2.88. The summed E-state index contributed by atoms with van der Waals surface area (Å²) in [6.07, 6.45) is 2.50. The summed E-state index contributed by atoms with van der Waals surface area (Å²) < 4.78 is 1.35. The summed E-state index contributed by atoms with van der Waals surface area (Å²) in [6, 6.07) is 5.38. The zero-order chi connectivity index (χ0) is 16.3. The van der Waals surface area contributed by atoms with E-state index in [1.54, 1.807) is 13.1 Å². The Labute approximate surface area is 123 Å². The molecule has 9 heteroatoms. The number of nitrogens with zero attached hydrogens (tertiary/aromatic N) is 5. The van der Waals surface area contributed by atoms with Crippen LogP contribution in [-0.4, -0.2) is 30.8 Å². The lowest BCUT2D eigenvalue weighted by Crippen LogP contribution is -2.05. The average molecular weight is 299 g/mol. The third kappa shape index (κ3) is 2.66. The second-order valence-corrected chi connectivity index (χ2v) is 4.17. The zero-order valence-electron chi connectivity index (χ0n) is 11.3. The molecule has 0 amide bonds. The molecule has 0 fully saturated rings. The van der Waals surface area contributed by atoms with Gasteiger partial charge < -0.3 is 5.11 Å². The number of allylic oxidation sites excluding steroid dienone is 1. The Kier molecular flexibility index (Phi) is 3.94. The lowest BCUT2D eigenvalue weighted by atomic mass is 9.98. The van der Waals surface area contributed by atoms with Gasteiger partial charge >= 0.3 is 5.97 Å². The second kappa shape index (κ2) is 5.84. The van der Waals surface area contributed by atoms with Crippen LogP contribution in [0.5, 0.6) is 0 Å². The first-order valence-electron chi connectivity index (χ1n) is 5.92. The summed E-state index contributed by atoms with van der Waals surface area (Å²) in [5.74, 6) is -1.09. The first kappa shape index (κ1) is 14.9. The fraction of sp³-hybridized carbons (Fsp3) is 0.0769. The van der Waals surface area contributed by atoms with E-state index >= 15 is 0 Å². The number of carbonyl (C=O) groups is 1. The van der Waals surface area contributed by atoms with E-state index in [-0.39, 0.29) is 22.5 Å². The third-order valence-corrected chi connectivity index (χ3v) is 2.88. The Morgan fingerprint density at radius 1 is 1.55 bits per heavy atom. The van der Waals surface area contributed by atoms with E-state index in [0.29, 0.717) is 0 Å². The summed E-state index contributed by atoms with van der Waals surface area (Å²) in [6.45, 7) is 0. The Balaban J connectivity index is 2.75. The van der Waals surface area contributed by atoms with Gasteiger partial charge in [-0.1, -0.05) is 6.07 Å². The first-order chi connectivity index (χ1) is 10.5. The van der Waals surface area contributed by atoms with Gasteiger partial charge in [-0.15, -0.1) is 0 Å². The van der Waals surface area contributed by atoms with Gasteiger partial charge in [0.15, 0.2) is 5.82 Å². The van der Waals surface area contributed by atoms with Crippen molar-refractivity contribution < 1.29 is 14.8 Å². The molecule has 1 aromatic heterocycles. The summed E-state index contributed by atoms with van der Waals surface area (Å²) in [7, 11) is 1.57. The number of aryl methyl sites for hydroxylation is 1. The van der Waals surface area contributed by atoms with Crippen molar-refractivity contribution in [3.63, 3.8) is 0 Å². The Bertz CT molecular complexity index is 799. The van der Waals surface area contributed by atoms with Gasteiger partial charge in [-0.2, -0.15) is 10.4 Å². The Hall–Kier alpha value is -3.54. The molecule has 1 heterocycles. The van der Waals surface area contributed by atoms with Crippen LogP contribution in [0.15, 0.2) is 24.5 Å². The number of nitriles is 1. The lowest BCUT2D eigenvalue weighted by molar-refractivity contribution is -0.385. The highest BCUT2D eigenvalue weighted by Gasteiger charge is 2.24. The largest absolute Gasteiger partial charge is 0.478 e. The molecule has 22 heavy (non-hydrogen) atoms. The minimum absolute atomic E-state index is 0.180. The molecule has 9 nitrogen and oxygen atoms in total. The molecular formula is C13H9N5O4. The van der Waals surface area contributed by atoms with Gasteiger partial charge in [-0.3, -0.25) is 10.1 Å². The molecule has 0 aliphatic rings. The van der Waals surface area contributed by atoms with E-state index in [9.17, 15) is 25.3 Å². The van der Waals surface area contributed by atoms with Crippen molar-refractivity contribution >= 4 is 23.3 Å². The van der Waals surface area contributed by atoms with Crippen molar-refractivity contribution in [1.82, 2.24) is 14.8 Å². The predicted octanol–water partition coefficient (Wildman–Crippen LogP) is 1.49. The quantitative estimate of drug-likeness (QED) is 0.513. The Morgan fingerprint density at radius 3 is 2.77 bits per heavy atom. The molecule has 0 radical (unpaired) electrons. The molecule has 0 saturated carbocycles. The normalized spacial score (nSPS) is 11.0. The number of aromatic nitrogens is 3. The molecule has 0 atom stereocenters. The maximum absolute atomic E-state index is 11.3. The van der Waals surface area contributed by atoms with Crippen molar-refractivity contribution in [2.75, 3.05) is 0 Å². The summed E-state index contributed by atoms with van der Waals surface area (Å²) >= 11 is 0. The van der Waals surface area contributed by atoms with Crippen LogP contribution in [0.3, 0.4) is 0 Å². The number of benzene rings is 1. The van der Waals surface area contributed by atoms with Gasteiger partial charge in [0, 0.05) is 19.2 Å². The number of aromatic carboxylic acids is 1. The standard InChI is InChI=1S/C13H9N5O4/c1-17-11(15-7-16-17)5-8(6-14)12-9(13(19)20)3-2-4-10(12)18(21)22/h2-5,7H,1H3,(H,19,20)/b8-5+. The van der Waals surface area contributed by atoms with E-state index in [2.05, 4.69) is 10.1 Å². The van der Waals surface area contributed by atoms with Gasteiger partial charge in [0.1, 0.15) is 12.4 Å². The minimum Gasteiger partial charge on any atom is -0.478 e. The maximum atomic E-state index is 11.3. The molecule has 0 bridgehead atoms. The molecular weight excluding hydrogens is 290 g/mol. The fourth-order valence-corrected chi connectivity index (χ4v) is 1.88. The maximum Gasteiger partial charge on any atom is 0.336 e. The zero-order valence-corrected chi connectivity index (χ0v) is 11.3. The van der Waals surface area contributed by atoms with Crippen molar-refractivity contribution in [1.29, 1.82) is 5.26 Å². The first-order valence-corrected chi connectivity index (χ1v) is 5.92. The highest BCUT2D eigenvalue weighted by Crippen LogP contribution is 2.30. The number of hydrogen-bond donors (Lipinski definition) is 1. The highest BCUT2D eigenvalue weighted by molar-refractivity contribution is 6.02. The molecule has 2 rings (SSSR count). The molecule has 110 valence electrons. The molecule has 0 aliphatic carbocycles. The van der Waals surface area contributed by atoms with E-state index in [1.165, 1.54) is 29.2 Å². The van der Waals surface area contributed by atoms with Crippen LogP contribution < -0.4 is 0 Å². The monoisotopic (exact) mass is 299 g/mol. The van der Waals surface area contributed by atoms with Crippen LogP contribution in [0.2, 0.25) is 0 Å². The van der Waals surface area contributed by atoms with Gasteiger partial charge in [-0.05, 0) is 6.07 Å². The fourth-order valence-electron chi connectivity index (χ4n) is 1.88. The summed E-state index contributed by atoms with van der Waals surface area (Å²) in [4.78, 5) is 25.6. The van der Waals surface area contributed by atoms with Crippen molar-refractivity contribution in [2.24, 2.45) is 7.05 Å². The van der Waals surface area contributed by atoms with Gasteiger partial charge in [0.2, 0.25) is 0 Å². The number of nitro benzene ring substituents is 1. The van der Waals surface area contributed by atoms with Crippen LogP contribution in [0.4, 0.5) is 5.69 Å². The molecule has 1 aromatic carbocycles. The van der Waals surface area contributed by atoms with Crippen LogP contribution >= 0.6 is 0 Å². The lowest BCUT2D eigenvalue weighted by Gasteiger charge is -2.05. The molecule has 2 aromatic rings. The number of rotatable bonds is 4. The SMILES string of the molecule is Cn1ncnc1/C=C(\C#N)c1c(C(=O)O)cccc1[N+](=O)[O-]. The van der Waals surface area contributed by atoms with E-state index in [4.69, 9.17) is 0 Å². The number of nitro groups is 1. The van der Waals surface area contributed by atoms with Crippen molar-refractivity contribution in [2.45, 2.75) is 0 Å². The Morgan fingerprint density at radius 2 is 2.27 bits per heavy atom. The van der Waals surface area contributed by atoms with Crippen LogP contribution in [0.25, 0.3) is 11.6 Å². The topological polar surface area (TPSA) is 135 Å². The number of carboxylic acid groups (broad SMARTS) is 1. The second-order valence-electron chi connectivity index (χ2n) is 4.17. The molecule has 0 spiro atoms. The summed E-state index contributed by atoms with van der Waals surface area (Å²) in [5.41, 5.74) is -1.23. The van der Waals surface area contributed by atoms with Crippen molar-refractivity contribution in [3.05, 3.63) is 51.6 Å². The van der Waals surface area contributed by atoms with Crippen LogP contribution in [0.1, 0.15) is 21.7 Å². The van der Waals surface area contributed by atoms with Crippen LogP contribution in [-0.2, 0) is 7.05 Å². The van der Waals surface area contributed by atoms with E-state index in [1.807, 2.05) is 0 Å². The van der Waals surface area contributed by atoms with Gasteiger partial charge in [-0.25, -0.2) is 14.5 Å². The predicted molar refractivity (Wildman–Crippen MR) is 74.5 cm³/mol. The molecule has 0 aliphatic heterocycles. The highest BCUT2D eigenvalue weighted by atomic mass is 16.6. The van der Waals surface area contributed by atoms with Gasteiger partial charge in [0.05, 0.1) is 21.6 Å².